The summed E-state index contributed by atoms with van der Waals surface area (Å²) >= 11 is 0. The van der Waals surface area contributed by atoms with Crippen LogP contribution < -0.4 is 5.73 Å². The molecule has 1 aromatic carbocycles. The van der Waals surface area contributed by atoms with Crippen molar-refractivity contribution in [2.24, 2.45) is 0 Å². The first-order chi connectivity index (χ1) is 9.48. The van der Waals surface area contributed by atoms with Gasteiger partial charge < -0.3 is 5.73 Å². The summed E-state index contributed by atoms with van der Waals surface area (Å²) < 4.78 is 1.94. The van der Waals surface area contributed by atoms with Crippen LogP contribution in [0.4, 0.5) is 5.82 Å². The summed E-state index contributed by atoms with van der Waals surface area (Å²) in [6.45, 7) is 6.44. The number of hydrogen-bond acceptors (Lipinski definition) is 3. The molecule has 2 N–H and O–H groups in total. The van der Waals surface area contributed by atoms with Crippen LogP contribution >= 0.6 is 0 Å². The first-order valence-electron chi connectivity index (χ1n) is 7.31. The van der Waals surface area contributed by atoms with E-state index >= 15 is 0 Å². The van der Waals surface area contributed by atoms with Gasteiger partial charge in [0.25, 0.3) is 0 Å². The lowest BCUT2D eigenvalue weighted by Gasteiger charge is -2.24. The van der Waals surface area contributed by atoms with Crippen molar-refractivity contribution in [1.29, 1.82) is 0 Å². The van der Waals surface area contributed by atoms with Crippen molar-refractivity contribution in [3.63, 3.8) is 0 Å². The Hall–Kier alpha value is -1.84. The molecule has 0 aliphatic heterocycles. The molecule has 1 aliphatic rings. The van der Waals surface area contributed by atoms with E-state index in [1.54, 1.807) is 0 Å². The molecule has 0 saturated carbocycles. The molecule has 0 amide bonds. The van der Waals surface area contributed by atoms with Gasteiger partial charge in [0.1, 0.15) is 0 Å². The summed E-state index contributed by atoms with van der Waals surface area (Å²) in [5.74, 6) is 0.533. The third-order valence-electron chi connectivity index (χ3n) is 4.01. The Balaban J connectivity index is 2.20. The molecule has 0 bridgehead atoms. The van der Waals surface area contributed by atoms with Crippen LogP contribution in [0.5, 0.6) is 0 Å². The van der Waals surface area contributed by atoms with E-state index in [2.05, 4.69) is 49.3 Å². The van der Waals surface area contributed by atoms with E-state index in [9.17, 15) is 0 Å². The van der Waals surface area contributed by atoms with E-state index < -0.39 is 0 Å². The Labute approximate surface area is 120 Å². The third-order valence-corrected chi connectivity index (χ3v) is 4.01. The van der Waals surface area contributed by atoms with Gasteiger partial charge in [0, 0.05) is 5.41 Å². The number of anilines is 1. The van der Waals surface area contributed by atoms with Crippen LogP contribution in [0, 0.1) is 0 Å². The number of hydrogen-bond donors (Lipinski definition) is 1. The fraction of sp³-hybridized carbons (Fsp3) is 0.500. The maximum atomic E-state index is 6.05. The van der Waals surface area contributed by atoms with Crippen LogP contribution in [0.2, 0.25) is 0 Å². The maximum Gasteiger partial charge on any atom is 0.170 e. The molecule has 106 valence electrons. The molecule has 1 aromatic heterocycles. The van der Waals surface area contributed by atoms with E-state index in [0.717, 1.165) is 24.2 Å². The van der Waals surface area contributed by atoms with Gasteiger partial charge in [-0.1, -0.05) is 38.1 Å². The van der Waals surface area contributed by atoms with E-state index in [0.29, 0.717) is 5.82 Å². The second-order valence-electron chi connectivity index (χ2n) is 6.61. The maximum absolute atomic E-state index is 6.05. The van der Waals surface area contributed by atoms with Crippen molar-refractivity contribution in [1.82, 2.24) is 15.0 Å². The van der Waals surface area contributed by atoms with Crippen molar-refractivity contribution in [3.05, 3.63) is 35.0 Å². The van der Waals surface area contributed by atoms with Crippen LogP contribution in [0.1, 0.15) is 50.4 Å². The van der Waals surface area contributed by atoms with Gasteiger partial charge >= 0.3 is 0 Å². The van der Waals surface area contributed by atoms with Gasteiger partial charge in [0.05, 0.1) is 11.4 Å². The van der Waals surface area contributed by atoms with Crippen LogP contribution in [-0.2, 0) is 18.3 Å². The highest BCUT2D eigenvalue weighted by molar-refractivity contribution is 5.51. The lowest BCUT2D eigenvalue weighted by molar-refractivity contribution is 0.541. The lowest BCUT2D eigenvalue weighted by Crippen LogP contribution is -2.20. The van der Waals surface area contributed by atoms with E-state index in [1.165, 1.54) is 24.0 Å². The van der Waals surface area contributed by atoms with Crippen molar-refractivity contribution < 1.29 is 0 Å². The van der Waals surface area contributed by atoms with Gasteiger partial charge in [-0.15, -0.1) is 5.10 Å². The topological polar surface area (TPSA) is 56.7 Å². The third kappa shape index (κ3) is 2.09. The Morgan fingerprint density at radius 2 is 1.90 bits per heavy atom. The summed E-state index contributed by atoms with van der Waals surface area (Å²) in [6.07, 6.45) is 4.81. The van der Waals surface area contributed by atoms with Crippen LogP contribution in [0.3, 0.4) is 0 Å². The molecule has 0 spiro atoms. The zero-order valence-corrected chi connectivity index (χ0v) is 12.5. The normalized spacial score (nSPS) is 15.2. The molecule has 20 heavy (non-hydrogen) atoms. The average molecular weight is 270 g/mol. The van der Waals surface area contributed by atoms with Crippen LogP contribution in [-0.4, -0.2) is 15.0 Å². The molecule has 2 aromatic rings. The van der Waals surface area contributed by atoms with Gasteiger partial charge in [-0.2, -0.15) is 0 Å². The Kier molecular flexibility index (Phi) is 3.04. The standard InChI is InChI=1S/C16H22N4/c1-16(2,3)14-15(17)18-19-20(14)13-10-6-8-11-7-4-5-9-12(11)13/h6,8,10H,4-5,7,9,17H2,1-3H3. The minimum atomic E-state index is -0.0784. The van der Waals surface area contributed by atoms with Gasteiger partial charge in [-0.05, 0) is 42.9 Å². The number of benzene rings is 1. The highest BCUT2D eigenvalue weighted by atomic mass is 15.4. The zero-order valence-electron chi connectivity index (χ0n) is 12.5. The smallest absolute Gasteiger partial charge is 0.170 e. The molecule has 3 rings (SSSR count). The molecule has 4 heteroatoms. The lowest BCUT2D eigenvalue weighted by atomic mass is 9.89. The van der Waals surface area contributed by atoms with Crippen LogP contribution in [0.15, 0.2) is 18.2 Å². The SMILES string of the molecule is CC(C)(C)c1c(N)nnn1-c1cccc2c1CCCC2. The zero-order chi connectivity index (χ0) is 14.3. The molecule has 0 saturated heterocycles. The first-order valence-corrected chi connectivity index (χ1v) is 7.31. The molecular formula is C16H22N4. The van der Waals surface area contributed by atoms with Crippen LogP contribution in [0.25, 0.3) is 5.69 Å². The fourth-order valence-corrected chi connectivity index (χ4v) is 3.12. The Bertz CT molecular complexity index is 634. The highest BCUT2D eigenvalue weighted by Gasteiger charge is 2.26. The molecule has 0 fully saturated rings. The summed E-state index contributed by atoms with van der Waals surface area (Å²) in [5, 5.41) is 8.40. The number of nitrogen functional groups attached to an aromatic ring is 1. The van der Waals surface area contributed by atoms with E-state index in [4.69, 9.17) is 5.73 Å². The van der Waals surface area contributed by atoms with Crippen molar-refractivity contribution in [3.8, 4) is 5.69 Å². The second-order valence-corrected chi connectivity index (χ2v) is 6.61. The quantitative estimate of drug-likeness (QED) is 0.866. The predicted octanol–water partition coefficient (Wildman–Crippen LogP) is 3.03. The molecule has 1 aliphatic carbocycles. The Morgan fingerprint density at radius 3 is 2.65 bits per heavy atom. The number of aryl methyl sites for hydroxylation is 1. The monoisotopic (exact) mass is 270 g/mol. The van der Waals surface area contributed by atoms with Gasteiger partial charge in [0.2, 0.25) is 0 Å². The Morgan fingerprint density at radius 1 is 1.15 bits per heavy atom. The van der Waals surface area contributed by atoms with Gasteiger partial charge in [0.15, 0.2) is 5.82 Å². The highest BCUT2D eigenvalue weighted by Crippen LogP contribution is 2.32. The molecule has 0 unspecified atom stereocenters. The predicted molar refractivity (Wildman–Crippen MR) is 81.1 cm³/mol. The summed E-state index contributed by atoms with van der Waals surface area (Å²) in [4.78, 5) is 0. The summed E-state index contributed by atoms with van der Waals surface area (Å²) in [7, 11) is 0. The minimum absolute atomic E-state index is 0.0784. The number of fused-ring (bicyclic) bond motifs is 1. The molecule has 1 heterocycles. The second kappa shape index (κ2) is 4.62. The number of nitrogens with two attached hydrogens (primary N) is 1. The minimum Gasteiger partial charge on any atom is -0.381 e. The first kappa shape index (κ1) is 13.2. The van der Waals surface area contributed by atoms with E-state index in [-0.39, 0.29) is 5.41 Å². The van der Waals surface area contributed by atoms with Crippen molar-refractivity contribution in [2.75, 3.05) is 5.73 Å². The van der Waals surface area contributed by atoms with Gasteiger partial charge in [-0.25, -0.2) is 4.68 Å². The van der Waals surface area contributed by atoms with Gasteiger partial charge in [-0.3, -0.25) is 0 Å². The molecule has 4 nitrogen and oxygen atoms in total. The van der Waals surface area contributed by atoms with Crippen molar-refractivity contribution in [2.45, 2.75) is 51.9 Å². The average Bonchev–Trinajstić information content (AvgIpc) is 2.80. The van der Waals surface area contributed by atoms with E-state index in [1.807, 2.05) is 4.68 Å². The largest absolute Gasteiger partial charge is 0.381 e. The molecule has 0 atom stereocenters. The molecular weight excluding hydrogens is 248 g/mol. The summed E-state index contributed by atoms with van der Waals surface area (Å²) in [5.41, 5.74) is 11.0. The number of nitrogens with zero attached hydrogens (tertiary/aromatic N) is 3. The number of rotatable bonds is 1. The fourth-order valence-electron chi connectivity index (χ4n) is 3.12. The summed E-state index contributed by atoms with van der Waals surface area (Å²) in [6, 6.07) is 6.48. The number of aromatic nitrogens is 3. The van der Waals surface area contributed by atoms with Crippen molar-refractivity contribution >= 4 is 5.82 Å². The molecule has 0 radical (unpaired) electrons.